The van der Waals surface area contributed by atoms with Crippen molar-refractivity contribution in [3.8, 4) is 5.75 Å². The molecule has 0 spiro atoms. The van der Waals surface area contributed by atoms with Crippen LogP contribution in [0.15, 0.2) is 60.7 Å². The molecule has 184 valence electrons. The fourth-order valence-electron chi connectivity index (χ4n) is 5.77. The van der Waals surface area contributed by atoms with E-state index in [9.17, 15) is 20.0 Å². The highest BCUT2D eigenvalue weighted by atomic mass is 16.6. The second kappa shape index (κ2) is 10.5. The van der Waals surface area contributed by atoms with Gasteiger partial charge in [-0.2, -0.15) is 0 Å². The quantitative estimate of drug-likeness (QED) is 0.185. The van der Waals surface area contributed by atoms with Gasteiger partial charge in [-0.05, 0) is 36.2 Å². The lowest BCUT2D eigenvalue weighted by atomic mass is 9.77. The van der Waals surface area contributed by atoms with Gasteiger partial charge in [-0.25, -0.2) is 4.98 Å². The Morgan fingerprint density at radius 2 is 1.83 bits per heavy atom. The summed E-state index contributed by atoms with van der Waals surface area (Å²) in [6.45, 7) is 2.10. The van der Waals surface area contributed by atoms with E-state index in [-0.39, 0.29) is 4.92 Å². The van der Waals surface area contributed by atoms with Crippen molar-refractivity contribution >= 4 is 17.2 Å². The number of benzene rings is 2. The van der Waals surface area contributed by atoms with Gasteiger partial charge in [-0.1, -0.05) is 69.0 Å². The van der Waals surface area contributed by atoms with Gasteiger partial charge in [0.1, 0.15) is 17.6 Å². The molecule has 35 heavy (non-hydrogen) atoms. The number of rotatable bonds is 10. The first kappa shape index (κ1) is 24.8. The number of pyridine rings is 1. The molecule has 0 radical (unpaired) electrons. The number of aromatic nitrogens is 1. The highest BCUT2D eigenvalue weighted by Crippen LogP contribution is 2.56. The second-order valence-electron chi connectivity index (χ2n) is 9.41. The molecular weight excluding hydrogens is 444 g/mol. The summed E-state index contributed by atoms with van der Waals surface area (Å²) in [5.74, 6) is -1.95. The minimum atomic E-state index is -1.76. The van der Waals surface area contributed by atoms with Crippen LogP contribution >= 0.6 is 0 Å². The van der Waals surface area contributed by atoms with Crippen LogP contribution in [0.2, 0.25) is 0 Å². The summed E-state index contributed by atoms with van der Waals surface area (Å²) in [6, 6.07) is 16.9. The molecule has 1 aliphatic carbocycles. The van der Waals surface area contributed by atoms with E-state index >= 15 is 0 Å². The number of nitro groups is 1. The smallest absolute Gasteiger partial charge is 0.226 e. The monoisotopic (exact) mass is 476 g/mol. The Bertz CT molecular complexity index is 1180. The molecule has 0 unspecified atom stereocenters. The van der Waals surface area contributed by atoms with E-state index in [0.717, 1.165) is 31.1 Å². The Morgan fingerprint density at radius 3 is 2.49 bits per heavy atom. The molecule has 0 bridgehead atoms. The molecule has 0 aliphatic heterocycles. The number of hydrogen-bond donors (Lipinski definition) is 1. The van der Waals surface area contributed by atoms with Gasteiger partial charge in [0.2, 0.25) is 6.04 Å². The summed E-state index contributed by atoms with van der Waals surface area (Å²) in [6.07, 6.45) is 4.83. The zero-order valence-electron chi connectivity index (χ0n) is 20.2. The van der Waals surface area contributed by atoms with Gasteiger partial charge in [0.25, 0.3) is 0 Å². The Balaban J connectivity index is 1.86. The van der Waals surface area contributed by atoms with Crippen molar-refractivity contribution in [3.63, 3.8) is 0 Å². The van der Waals surface area contributed by atoms with Gasteiger partial charge >= 0.3 is 0 Å². The van der Waals surface area contributed by atoms with Crippen LogP contribution in [0.5, 0.6) is 5.75 Å². The Hall–Kier alpha value is -3.32. The molecule has 0 saturated heterocycles. The zero-order valence-corrected chi connectivity index (χ0v) is 20.2. The van der Waals surface area contributed by atoms with Crippen LogP contribution in [0.3, 0.4) is 0 Å². The number of carbonyl (C=O) groups excluding carboxylic acids is 1. The summed E-state index contributed by atoms with van der Waals surface area (Å²) in [5, 5.41) is 25.8. The van der Waals surface area contributed by atoms with Crippen molar-refractivity contribution in [2.75, 3.05) is 7.11 Å². The molecule has 1 heterocycles. The number of carbonyl (C=O) groups is 1. The fourth-order valence-corrected chi connectivity index (χ4v) is 5.77. The average Bonchev–Trinajstić information content (AvgIpc) is 3.15. The third kappa shape index (κ3) is 4.52. The average molecular weight is 477 g/mol. The molecule has 7 nitrogen and oxygen atoms in total. The minimum Gasteiger partial charge on any atom is -0.497 e. The van der Waals surface area contributed by atoms with Gasteiger partial charge in [0, 0.05) is 10.3 Å². The Kier molecular flexibility index (Phi) is 7.45. The third-order valence-electron chi connectivity index (χ3n) is 7.51. The highest BCUT2D eigenvalue weighted by Gasteiger charge is 2.66. The highest BCUT2D eigenvalue weighted by molar-refractivity contribution is 5.78. The number of unbranched alkanes of at least 4 members (excludes halogenated alkanes) is 3. The maximum atomic E-state index is 12.6. The van der Waals surface area contributed by atoms with Crippen LogP contribution in [0.4, 0.5) is 0 Å². The predicted octanol–water partition coefficient (Wildman–Crippen LogP) is 5.28. The normalized spacial score (nSPS) is 26.0. The maximum Gasteiger partial charge on any atom is 0.226 e. The lowest BCUT2D eigenvalue weighted by Crippen LogP contribution is -2.41. The van der Waals surface area contributed by atoms with Crippen molar-refractivity contribution in [1.82, 2.24) is 4.98 Å². The number of fused-ring (bicyclic) bond motifs is 1. The zero-order chi connectivity index (χ0) is 25.0. The number of hydrogen-bond acceptors (Lipinski definition) is 6. The SMILES string of the molecule is CCCCCC[C@H]1[C@H]([N+](=O)[O-])[C@H](c2ccc(OC)cc2)[C@@H](C=O)[C@]1(O)c1ccc2ccccc2n1. The van der Waals surface area contributed by atoms with Crippen molar-refractivity contribution in [2.24, 2.45) is 11.8 Å². The Labute approximate surface area is 205 Å². The van der Waals surface area contributed by atoms with E-state index in [1.54, 1.807) is 37.4 Å². The second-order valence-corrected chi connectivity index (χ2v) is 9.41. The molecule has 1 saturated carbocycles. The predicted molar refractivity (Wildman–Crippen MR) is 134 cm³/mol. The van der Waals surface area contributed by atoms with Gasteiger partial charge in [0.05, 0.1) is 36.1 Å². The largest absolute Gasteiger partial charge is 0.497 e. The van der Waals surface area contributed by atoms with Gasteiger partial charge in [0.15, 0.2) is 0 Å². The topological polar surface area (TPSA) is 103 Å². The summed E-state index contributed by atoms with van der Waals surface area (Å²) in [4.78, 5) is 29.6. The van der Waals surface area contributed by atoms with Crippen LogP contribution < -0.4 is 4.74 Å². The first-order valence-corrected chi connectivity index (χ1v) is 12.3. The van der Waals surface area contributed by atoms with Crippen molar-refractivity contribution in [2.45, 2.75) is 56.6 Å². The molecule has 7 heteroatoms. The molecule has 1 aliphatic rings. The standard InChI is InChI=1S/C28H32N2O5/c1-3-4-5-6-10-22-27(30(33)34)26(20-12-15-21(35-2)16-13-20)23(18-31)28(22,32)25-17-14-19-9-7-8-11-24(19)29-25/h7-9,11-18,22-23,26-27,32H,3-6,10H2,1-2H3/t22-,23+,26+,27-,28-/m0/s1. The lowest BCUT2D eigenvalue weighted by Gasteiger charge is -2.32. The summed E-state index contributed by atoms with van der Waals surface area (Å²) in [5.41, 5.74) is -0.129. The van der Waals surface area contributed by atoms with E-state index in [2.05, 4.69) is 6.92 Å². The van der Waals surface area contributed by atoms with E-state index < -0.39 is 29.4 Å². The summed E-state index contributed by atoms with van der Waals surface area (Å²) in [7, 11) is 1.55. The van der Waals surface area contributed by atoms with Gasteiger partial charge in [-0.3, -0.25) is 10.1 Å². The maximum absolute atomic E-state index is 12.6. The van der Waals surface area contributed by atoms with Crippen molar-refractivity contribution in [1.29, 1.82) is 0 Å². The lowest BCUT2D eigenvalue weighted by molar-refractivity contribution is -0.534. The van der Waals surface area contributed by atoms with Gasteiger partial charge in [-0.15, -0.1) is 0 Å². The molecule has 1 N–H and O–H groups in total. The van der Waals surface area contributed by atoms with Crippen LogP contribution in [-0.4, -0.2) is 34.5 Å². The number of aliphatic hydroxyl groups is 1. The van der Waals surface area contributed by atoms with E-state index in [1.807, 2.05) is 30.3 Å². The molecule has 1 aromatic heterocycles. The molecule has 0 amide bonds. The molecule has 2 aromatic carbocycles. The number of methoxy groups -OCH3 is 1. The van der Waals surface area contributed by atoms with Crippen molar-refractivity contribution in [3.05, 3.63) is 82.0 Å². The number of para-hydroxylation sites is 1. The summed E-state index contributed by atoms with van der Waals surface area (Å²) >= 11 is 0. The van der Waals surface area contributed by atoms with E-state index in [1.165, 1.54) is 0 Å². The molecule has 5 atom stereocenters. The van der Waals surface area contributed by atoms with Crippen LogP contribution in [-0.2, 0) is 10.4 Å². The molecule has 3 aromatic rings. The van der Waals surface area contributed by atoms with Crippen LogP contribution in [0.25, 0.3) is 10.9 Å². The van der Waals surface area contributed by atoms with E-state index in [0.29, 0.717) is 35.2 Å². The third-order valence-corrected chi connectivity index (χ3v) is 7.51. The van der Waals surface area contributed by atoms with Crippen LogP contribution in [0, 0.1) is 22.0 Å². The van der Waals surface area contributed by atoms with Gasteiger partial charge < -0.3 is 14.6 Å². The summed E-state index contributed by atoms with van der Waals surface area (Å²) < 4.78 is 5.24. The Morgan fingerprint density at radius 1 is 1.09 bits per heavy atom. The minimum absolute atomic E-state index is 0.311. The fraction of sp³-hybridized carbons (Fsp3) is 0.429. The number of aldehydes is 1. The molecule has 4 rings (SSSR count). The molecular formula is C28H32N2O5. The van der Waals surface area contributed by atoms with Crippen LogP contribution in [0.1, 0.15) is 56.2 Å². The first-order chi connectivity index (χ1) is 16.9. The molecule has 1 fully saturated rings. The van der Waals surface area contributed by atoms with Crippen molar-refractivity contribution < 1.29 is 19.6 Å². The number of ether oxygens (including phenoxy) is 1. The number of nitrogens with zero attached hydrogens (tertiary/aromatic N) is 2. The first-order valence-electron chi connectivity index (χ1n) is 12.3. The van der Waals surface area contributed by atoms with E-state index in [4.69, 9.17) is 9.72 Å².